The van der Waals surface area contributed by atoms with E-state index in [1.165, 1.54) is 12.8 Å². The second-order valence-corrected chi connectivity index (χ2v) is 7.52. The van der Waals surface area contributed by atoms with E-state index in [4.69, 9.17) is 5.73 Å². The van der Waals surface area contributed by atoms with E-state index in [2.05, 4.69) is 29.8 Å². The molecule has 1 aliphatic rings. The van der Waals surface area contributed by atoms with Gasteiger partial charge >= 0.3 is 0 Å². The molecule has 2 atom stereocenters. The molecular formula is C16H23BrFN. The third kappa shape index (κ3) is 3.79. The fourth-order valence-corrected chi connectivity index (χ4v) is 3.73. The molecule has 1 aromatic carbocycles. The summed E-state index contributed by atoms with van der Waals surface area (Å²) in [5, 5.41) is 0. The van der Waals surface area contributed by atoms with Crippen LogP contribution < -0.4 is 5.73 Å². The van der Waals surface area contributed by atoms with Crippen LogP contribution in [0.2, 0.25) is 0 Å². The third-order valence-corrected chi connectivity index (χ3v) is 4.96. The monoisotopic (exact) mass is 327 g/mol. The van der Waals surface area contributed by atoms with Gasteiger partial charge in [0.25, 0.3) is 0 Å². The summed E-state index contributed by atoms with van der Waals surface area (Å²) in [6.45, 7) is 5.34. The van der Waals surface area contributed by atoms with Crippen molar-refractivity contribution < 1.29 is 4.39 Å². The van der Waals surface area contributed by atoms with E-state index in [-0.39, 0.29) is 5.82 Å². The van der Waals surface area contributed by atoms with Gasteiger partial charge in [-0.3, -0.25) is 0 Å². The number of nitrogens with two attached hydrogens (primary N) is 1. The summed E-state index contributed by atoms with van der Waals surface area (Å²) in [5.41, 5.74) is 7.08. The Hall–Kier alpha value is -0.410. The Morgan fingerprint density at radius 2 is 2.11 bits per heavy atom. The molecule has 0 heterocycles. The Kier molecular flexibility index (Phi) is 4.67. The standard InChI is InChI=1S/C16H23BrFN/c1-16(2)6-5-11(10-19)13(9-16)7-12-8-14(17)3-4-15(12)18/h3-4,8,11,13H,5-7,9-10,19H2,1-2H3. The molecule has 0 saturated heterocycles. The van der Waals surface area contributed by atoms with Crippen molar-refractivity contribution in [1.29, 1.82) is 0 Å². The summed E-state index contributed by atoms with van der Waals surface area (Å²) in [7, 11) is 0. The highest BCUT2D eigenvalue weighted by Crippen LogP contribution is 2.43. The highest BCUT2D eigenvalue weighted by atomic mass is 79.9. The Balaban J connectivity index is 2.16. The zero-order valence-corrected chi connectivity index (χ0v) is 13.3. The summed E-state index contributed by atoms with van der Waals surface area (Å²) < 4.78 is 14.8. The molecule has 2 N–H and O–H groups in total. The minimum atomic E-state index is -0.0950. The molecule has 2 unspecified atom stereocenters. The molecule has 1 aromatic rings. The normalized spacial score (nSPS) is 26.4. The van der Waals surface area contributed by atoms with Crippen LogP contribution in [0.25, 0.3) is 0 Å². The van der Waals surface area contributed by atoms with E-state index < -0.39 is 0 Å². The molecule has 1 fully saturated rings. The van der Waals surface area contributed by atoms with Gasteiger partial charge in [-0.15, -0.1) is 0 Å². The predicted octanol–water partition coefficient (Wildman–Crippen LogP) is 4.53. The molecule has 1 saturated carbocycles. The van der Waals surface area contributed by atoms with Crippen LogP contribution in [-0.4, -0.2) is 6.54 Å². The van der Waals surface area contributed by atoms with Gasteiger partial charge in [0.15, 0.2) is 0 Å². The van der Waals surface area contributed by atoms with Crippen molar-refractivity contribution in [2.45, 2.75) is 39.5 Å². The van der Waals surface area contributed by atoms with Crippen molar-refractivity contribution in [3.05, 3.63) is 34.1 Å². The van der Waals surface area contributed by atoms with Crippen LogP contribution in [0.1, 0.15) is 38.7 Å². The van der Waals surface area contributed by atoms with Gasteiger partial charge in [-0.2, -0.15) is 0 Å². The first-order valence-corrected chi connectivity index (χ1v) is 7.84. The lowest BCUT2D eigenvalue weighted by molar-refractivity contribution is 0.121. The van der Waals surface area contributed by atoms with Crippen LogP contribution in [0, 0.1) is 23.1 Å². The lowest BCUT2D eigenvalue weighted by Crippen LogP contribution is -2.35. The van der Waals surface area contributed by atoms with Gasteiger partial charge < -0.3 is 5.73 Å². The minimum Gasteiger partial charge on any atom is -0.330 e. The van der Waals surface area contributed by atoms with Gasteiger partial charge in [0, 0.05) is 4.47 Å². The first-order chi connectivity index (χ1) is 8.91. The fraction of sp³-hybridized carbons (Fsp3) is 0.625. The van der Waals surface area contributed by atoms with E-state index in [1.807, 2.05) is 6.07 Å². The van der Waals surface area contributed by atoms with Gasteiger partial charge in [0.2, 0.25) is 0 Å². The fourth-order valence-electron chi connectivity index (χ4n) is 3.32. The van der Waals surface area contributed by atoms with E-state index in [0.29, 0.717) is 17.3 Å². The van der Waals surface area contributed by atoms with Gasteiger partial charge in [0.1, 0.15) is 5.82 Å². The molecule has 1 aliphatic carbocycles. The zero-order valence-electron chi connectivity index (χ0n) is 11.8. The average molecular weight is 328 g/mol. The predicted molar refractivity (Wildman–Crippen MR) is 81.5 cm³/mol. The van der Waals surface area contributed by atoms with Crippen molar-refractivity contribution in [2.24, 2.45) is 23.0 Å². The van der Waals surface area contributed by atoms with Crippen molar-refractivity contribution in [2.75, 3.05) is 6.54 Å². The largest absolute Gasteiger partial charge is 0.330 e. The molecule has 0 bridgehead atoms. The number of hydrogen-bond acceptors (Lipinski definition) is 1. The maximum atomic E-state index is 13.9. The van der Waals surface area contributed by atoms with Crippen LogP contribution in [-0.2, 0) is 6.42 Å². The summed E-state index contributed by atoms with van der Waals surface area (Å²) >= 11 is 3.42. The summed E-state index contributed by atoms with van der Waals surface area (Å²) in [6.07, 6.45) is 4.34. The molecule has 0 aliphatic heterocycles. The van der Waals surface area contributed by atoms with Crippen molar-refractivity contribution in [3.63, 3.8) is 0 Å². The maximum Gasteiger partial charge on any atom is 0.126 e. The van der Waals surface area contributed by atoms with E-state index in [0.717, 1.165) is 29.4 Å². The third-order valence-electron chi connectivity index (χ3n) is 4.47. The topological polar surface area (TPSA) is 26.0 Å². The summed E-state index contributed by atoms with van der Waals surface area (Å²) in [4.78, 5) is 0. The molecule has 0 spiro atoms. The molecule has 0 amide bonds. The second kappa shape index (κ2) is 5.92. The maximum absolute atomic E-state index is 13.9. The zero-order chi connectivity index (χ0) is 14.0. The Morgan fingerprint density at radius 3 is 2.79 bits per heavy atom. The van der Waals surface area contributed by atoms with Gasteiger partial charge in [-0.05, 0) is 73.2 Å². The molecule has 0 radical (unpaired) electrons. The number of halogens is 2. The van der Waals surface area contributed by atoms with Gasteiger partial charge in [0.05, 0.1) is 0 Å². The van der Waals surface area contributed by atoms with E-state index in [1.54, 1.807) is 12.1 Å². The number of rotatable bonds is 3. The number of hydrogen-bond donors (Lipinski definition) is 1. The quantitative estimate of drug-likeness (QED) is 0.867. The highest BCUT2D eigenvalue weighted by Gasteiger charge is 2.34. The van der Waals surface area contributed by atoms with Gasteiger partial charge in [-0.25, -0.2) is 4.39 Å². The second-order valence-electron chi connectivity index (χ2n) is 6.60. The van der Waals surface area contributed by atoms with E-state index >= 15 is 0 Å². The minimum absolute atomic E-state index is 0.0950. The highest BCUT2D eigenvalue weighted by molar-refractivity contribution is 9.10. The van der Waals surface area contributed by atoms with Crippen LogP contribution >= 0.6 is 15.9 Å². The SMILES string of the molecule is CC1(C)CCC(CN)C(Cc2cc(Br)ccc2F)C1. The summed E-state index contributed by atoms with van der Waals surface area (Å²) in [6, 6.07) is 5.21. The molecule has 3 heteroatoms. The van der Waals surface area contributed by atoms with E-state index in [9.17, 15) is 4.39 Å². The lowest BCUT2D eigenvalue weighted by Gasteiger charge is -2.40. The Labute approximate surface area is 123 Å². The molecular weight excluding hydrogens is 305 g/mol. The van der Waals surface area contributed by atoms with Crippen LogP contribution in [0.4, 0.5) is 4.39 Å². The van der Waals surface area contributed by atoms with Crippen LogP contribution in [0.15, 0.2) is 22.7 Å². The molecule has 2 rings (SSSR count). The van der Waals surface area contributed by atoms with Crippen molar-refractivity contribution in [1.82, 2.24) is 0 Å². The lowest BCUT2D eigenvalue weighted by atomic mass is 9.65. The first kappa shape index (κ1) is 15.0. The first-order valence-electron chi connectivity index (χ1n) is 7.05. The Bertz CT molecular complexity index is 444. The van der Waals surface area contributed by atoms with Crippen LogP contribution in [0.5, 0.6) is 0 Å². The van der Waals surface area contributed by atoms with Crippen LogP contribution in [0.3, 0.4) is 0 Å². The average Bonchev–Trinajstić information content (AvgIpc) is 2.33. The molecule has 106 valence electrons. The molecule has 1 nitrogen and oxygen atoms in total. The molecule has 19 heavy (non-hydrogen) atoms. The van der Waals surface area contributed by atoms with Crippen molar-refractivity contribution >= 4 is 15.9 Å². The number of benzene rings is 1. The van der Waals surface area contributed by atoms with Crippen molar-refractivity contribution in [3.8, 4) is 0 Å². The van der Waals surface area contributed by atoms with Gasteiger partial charge in [-0.1, -0.05) is 29.8 Å². The Morgan fingerprint density at radius 1 is 1.37 bits per heavy atom. The smallest absolute Gasteiger partial charge is 0.126 e. The summed E-state index contributed by atoms with van der Waals surface area (Å²) in [5.74, 6) is 0.936. The molecule has 0 aromatic heterocycles.